The second-order valence-electron chi connectivity index (χ2n) is 6.45. The number of aromatic hydroxyl groups is 1. The van der Waals surface area contributed by atoms with E-state index in [0.717, 1.165) is 32.1 Å². The Bertz CT molecular complexity index is 534. The van der Waals surface area contributed by atoms with Crippen molar-refractivity contribution in [3.63, 3.8) is 0 Å². The maximum absolute atomic E-state index is 11.9. The number of rotatable bonds is 14. The van der Waals surface area contributed by atoms with Crippen molar-refractivity contribution in [1.82, 2.24) is 9.55 Å². The first-order chi connectivity index (χ1) is 11.6. The standard InChI is InChI=1S/C18H32N2O4/c1-2-3-4-5-8-11-14-20-15(17(23)19-18(20)24)12-9-6-7-10-13-16(21)22/h23H,2-14H2,1H3,(H,19,24)(H,21,22). The van der Waals surface area contributed by atoms with Crippen molar-refractivity contribution >= 4 is 5.97 Å². The zero-order valence-electron chi connectivity index (χ0n) is 14.9. The van der Waals surface area contributed by atoms with Gasteiger partial charge in [-0.2, -0.15) is 0 Å². The van der Waals surface area contributed by atoms with Crippen LogP contribution >= 0.6 is 0 Å². The minimum absolute atomic E-state index is 0.0171. The number of carbonyl (C=O) groups is 1. The fourth-order valence-electron chi connectivity index (χ4n) is 2.95. The summed E-state index contributed by atoms with van der Waals surface area (Å²) >= 11 is 0. The number of carboxylic acid groups (broad SMARTS) is 1. The van der Waals surface area contributed by atoms with Crippen LogP contribution < -0.4 is 5.69 Å². The van der Waals surface area contributed by atoms with E-state index >= 15 is 0 Å². The topological polar surface area (TPSA) is 95.3 Å². The average Bonchev–Trinajstić information content (AvgIpc) is 2.80. The van der Waals surface area contributed by atoms with E-state index in [1.165, 1.54) is 25.7 Å². The van der Waals surface area contributed by atoms with Crippen molar-refractivity contribution in [1.29, 1.82) is 0 Å². The largest absolute Gasteiger partial charge is 0.493 e. The minimum Gasteiger partial charge on any atom is -0.493 e. The lowest BCUT2D eigenvalue weighted by Gasteiger charge is -2.08. The third-order valence-electron chi connectivity index (χ3n) is 4.36. The Kier molecular flexibility index (Phi) is 9.96. The van der Waals surface area contributed by atoms with E-state index in [4.69, 9.17) is 5.11 Å². The molecule has 0 fully saturated rings. The number of hydrogen-bond acceptors (Lipinski definition) is 3. The molecule has 24 heavy (non-hydrogen) atoms. The molecule has 0 aromatic carbocycles. The van der Waals surface area contributed by atoms with Gasteiger partial charge in [0.15, 0.2) is 0 Å². The van der Waals surface area contributed by atoms with Crippen molar-refractivity contribution in [2.45, 2.75) is 90.5 Å². The Balaban J connectivity index is 2.35. The van der Waals surface area contributed by atoms with E-state index < -0.39 is 5.97 Å². The molecule has 6 heteroatoms. The van der Waals surface area contributed by atoms with E-state index in [1.807, 2.05) is 0 Å². The van der Waals surface area contributed by atoms with Crippen LogP contribution in [0.5, 0.6) is 5.88 Å². The molecule has 0 saturated carbocycles. The molecule has 0 bridgehead atoms. The van der Waals surface area contributed by atoms with Gasteiger partial charge in [-0.3, -0.25) is 14.3 Å². The number of aromatic nitrogens is 2. The Morgan fingerprint density at radius 3 is 2.33 bits per heavy atom. The highest BCUT2D eigenvalue weighted by Gasteiger charge is 2.12. The SMILES string of the molecule is CCCCCCCCn1c(CCCCCCC(=O)O)c(O)[nH]c1=O. The summed E-state index contributed by atoms with van der Waals surface area (Å²) < 4.78 is 1.66. The molecule has 138 valence electrons. The smallest absolute Gasteiger partial charge is 0.328 e. The molecule has 0 unspecified atom stereocenters. The van der Waals surface area contributed by atoms with Gasteiger partial charge in [0.2, 0.25) is 5.88 Å². The molecule has 0 spiro atoms. The maximum Gasteiger partial charge on any atom is 0.328 e. The van der Waals surface area contributed by atoms with Crippen LogP contribution in [0.2, 0.25) is 0 Å². The molecule has 1 aromatic rings. The van der Waals surface area contributed by atoms with E-state index in [2.05, 4.69) is 11.9 Å². The second-order valence-corrected chi connectivity index (χ2v) is 6.45. The lowest BCUT2D eigenvalue weighted by Crippen LogP contribution is -2.19. The van der Waals surface area contributed by atoms with Crippen molar-refractivity contribution in [3.8, 4) is 5.88 Å². The van der Waals surface area contributed by atoms with E-state index in [1.54, 1.807) is 4.57 Å². The van der Waals surface area contributed by atoms with Crippen LogP contribution in [0.15, 0.2) is 4.79 Å². The fourth-order valence-corrected chi connectivity index (χ4v) is 2.95. The number of carboxylic acids is 1. The predicted molar refractivity (Wildman–Crippen MR) is 94.5 cm³/mol. The average molecular weight is 340 g/mol. The van der Waals surface area contributed by atoms with E-state index in [0.29, 0.717) is 25.1 Å². The Labute approximate surface area is 143 Å². The third kappa shape index (κ3) is 7.70. The summed E-state index contributed by atoms with van der Waals surface area (Å²) in [6, 6.07) is 0. The summed E-state index contributed by atoms with van der Waals surface area (Å²) in [4.78, 5) is 24.9. The van der Waals surface area contributed by atoms with Gasteiger partial charge < -0.3 is 10.2 Å². The first-order valence-corrected chi connectivity index (χ1v) is 9.28. The number of nitrogens with one attached hydrogen (secondary N) is 1. The van der Waals surface area contributed by atoms with Gasteiger partial charge in [0.05, 0.1) is 5.69 Å². The van der Waals surface area contributed by atoms with Crippen LogP contribution in [0, 0.1) is 0 Å². The first kappa shape index (κ1) is 20.3. The van der Waals surface area contributed by atoms with E-state index in [-0.39, 0.29) is 18.0 Å². The van der Waals surface area contributed by atoms with E-state index in [9.17, 15) is 14.7 Å². The predicted octanol–water partition coefficient (Wildman–Crippen LogP) is 3.82. The molecule has 1 heterocycles. The second kappa shape index (κ2) is 11.8. The summed E-state index contributed by atoms with van der Waals surface area (Å²) in [5.74, 6) is -0.775. The van der Waals surface area contributed by atoms with Crippen molar-refractivity contribution < 1.29 is 15.0 Å². The number of H-pyrrole nitrogens is 1. The number of hydrogen-bond donors (Lipinski definition) is 3. The van der Waals surface area contributed by atoms with Crippen LogP contribution in [0.4, 0.5) is 0 Å². The maximum atomic E-state index is 11.9. The highest BCUT2D eigenvalue weighted by molar-refractivity contribution is 5.66. The molecule has 1 rings (SSSR count). The van der Waals surface area contributed by atoms with Crippen molar-refractivity contribution in [3.05, 3.63) is 16.2 Å². The zero-order valence-corrected chi connectivity index (χ0v) is 14.9. The van der Waals surface area contributed by atoms with Crippen LogP contribution in [0.1, 0.15) is 83.2 Å². The molecule has 0 aliphatic rings. The summed E-state index contributed by atoms with van der Waals surface area (Å²) in [6.45, 7) is 2.84. The number of nitrogens with zero attached hydrogens (tertiary/aromatic N) is 1. The van der Waals surface area contributed by atoms with Crippen LogP contribution in [-0.2, 0) is 17.8 Å². The molecule has 0 atom stereocenters. The van der Waals surface area contributed by atoms with Crippen LogP contribution in [0.3, 0.4) is 0 Å². The number of aromatic amines is 1. The number of unbranched alkanes of at least 4 members (excludes halogenated alkanes) is 8. The number of aliphatic carboxylic acids is 1. The molecular weight excluding hydrogens is 308 g/mol. The van der Waals surface area contributed by atoms with Crippen molar-refractivity contribution in [2.75, 3.05) is 0 Å². The Hall–Kier alpha value is -1.72. The van der Waals surface area contributed by atoms with Gasteiger partial charge in [0.1, 0.15) is 0 Å². The van der Waals surface area contributed by atoms with Gasteiger partial charge in [-0.05, 0) is 25.7 Å². The van der Waals surface area contributed by atoms with Gasteiger partial charge in [0, 0.05) is 13.0 Å². The quantitative estimate of drug-likeness (QED) is 0.449. The summed E-state index contributed by atoms with van der Waals surface area (Å²) in [5.41, 5.74) is 0.453. The minimum atomic E-state index is -0.758. The highest BCUT2D eigenvalue weighted by Crippen LogP contribution is 2.17. The summed E-state index contributed by atoms with van der Waals surface area (Å²) in [6.07, 6.45) is 11.1. The Morgan fingerprint density at radius 2 is 1.62 bits per heavy atom. The zero-order chi connectivity index (χ0) is 17.8. The van der Waals surface area contributed by atoms with Crippen LogP contribution in [-0.4, -0.2) is 25.7 Å². The molecule has 0 radical (unpaired) electrons. The van der Waals surface area contributed by atoms with Crippen LogP contribution in [0.25, 0.3) is 0 Å². The van der Waals surface area contributed by atoms with Gasteiger partial charge in [-0.15, -0.1) is 0 Å². The normalized spacial score (nSPS) is 11.0. The molecule has 1 aromatic heterocycles. The molecule has 3 N–H and O–H groups in total. The summed E-state index contributed by atoms with van der Waals surface area (Å²) in [5, 5.41) is 18.5. The molecule has 0 saturated heterocycles. The fraction of sp³-hybridized carbons (Fsp3) is 0.778. The molecule has 0 amide bonds. The lowest BCUT2D eigenvalue weighted by molar-refractivity contribution is -0.137. The van der Waals surface area contributed by atoms with Gasteiger partial charge in [0.25, 0.3) is 0 Å². The van der Waals surface area contributed by atoms with Gasteiger partial charge in [-0.1, -0.05) is 51.9 Å². The lowest BCUT2D eigenvalue weighted by atomic mass is 10.1. The van der Waals surface area contributed by atoms with Crippen molar-refractivity contribution in [2.24, 2.45) is 0 Å². The molecular formula is C18H32N2O4. The van der Waals surface area contributed by atoms with Gasteiger partial charge in [-0.25, -0.2) is 4.79 Å². The third-order valence-corrected chi connectivity index (χ3v) is 4.36. The summed E-state index contributed by atoms with van der Waals surface area (Å²) in [7, 11) is 0. The molecule has 0 aliphatic heterocycles. The number of imidazole rings is 1. The molecule has 6 nitrogen and oxygen atoms in total. The Morgan fingerprint density at radius 1 is 1.00 bits per heavy atom. The highest BCUT2D eigenvalue weighted by atomic mass is 16.4. The van der Waals surface area contributed by atoms with Gasteiger partial charge >= 0.3 is 11.7 Å². The monoisotopic (exact) mass is 340 g/mol. The first-order valence-electron chi connectivity index (χ1n) is 9.28. The molecule has 0 aliphatic carbocycles.